The van der Waals surface area contributed by atoms with E-state index in [0.29, 0.717) is 18.8 Å². The minimum Gasteiger partial charge on any atom is -0.347 e. The third kappa shape index (κ3) is 8.23. The van der Waals surface area contributed by atoms with E-state index in [2.05, 4.69) is 52.3 Å². The summed E-state index contributed by atoms with van der Waals surface area (Å²) < 4.78 is 0. The van der Waals surface area contributed by atoms with Crippen LogP contribution in [-0.2, 0) is 33.8 Å². The van der Waals surface area contributed by atoms with Crippen molar-refractivity contribution in [1.82, 2.24) is 20.9 Å². The van der Waals surface area contributed by atoms with Crippen molar-refractivity contribution in [2.75, 3.05) is 7.05 Å². The van der Waals surface area contributed by atoms with Gasteiger partial charge in [-0.1, -0.05) is 119 Å². The second-order valence-electron chi connectivity index (χ2n) is 15.2. The van der Waals surface area contributed by atoms with Crippen molar-refractivity contribution in [3.05, 3.63) is 64.7 Å². The quantitative estimate of drug-likeness (QED) is 0.365. The third-order valence-electron chi connectivity index (χ3n) is 10.6. The molecule has 4 atom stereocenters. The van der Waals surface area contributed by atoms with Crippen molar-refractivity contribution in [3.63, 3.8) is 0 Å². The maximum absolute atomic E-state index is 14.6. The zero-order valence-electron chi connectivity index (χ0n) is 28.8. The average Bonchev–Trinajstić information content (AvgIpc) is 3.03. The van der Waals surface area contributed by atoms with E-state index in [1.54, 1.807) is 18.9 Å². The summed E-state index contributed by atoms with van der Waals surface area (Å²) in [5.74, 6) is 0.145. The van der Waals surface area contributed by atoms with E-state index >= 15 is 0 Å². The van der Waals surface area contributed by atoms with Gasteiger partial charge >= 0.3 is 0 Å². The lowest BCUT2D eigenvalue weighted by Gasteiger charge is -2.42. The molecule has 0 saturated heterocycles. The van der Waals surface area contributed by atoms with Crippen LogP contribution in [0.1, 0.15) is 114 Å². The molecule has 8 heteroatoms. The summed E-state index contributed by atoms with van der Waals surface area (Å²) >= 11 is 0. The first-order chi connectivity index (χ1) is 22.0. The standard InChI is InChI=1S/C38H55BN4O3/c1-25(40-5)35(44)42-34(38(2,3)4)37(46)43-24-28-22-30(39-29-16-9-7-6-8-10-17-29)21-20-27(28)23-33(43)36(45)41-32-19-13-15-26-14-11-12-18-31(26)32/h11-12,14,18,20-22,25,29,32-34,39-40H,6-10,13,15-17,19,23-24H2,1-5H3,(H,41,45)(H,42,44)/t25-,32+,33-,34+/m0/s1. The van der Waals surface area contributed by atoms with E-state index in [1.807, 2.05) is 26.8 Å². The normalized spacial score (nSPS) is 21.9. The van der Waals surface area contributed by atoms with Gasteiger partial charge in [-0.15, -0.1) is 0 Å². The molecule has 3 N–H and O–H groups in total. The summed E-state index contributed by atoms with van der Waals surface area (Å²) in [5.41, 5.74) is 5.48. The number of carbonyl (C=O) groups excluding carboxylic acids is 3. The van der Waals surface area contributed by atoms with Gasteiger partial charge in [0.2, 0.25) is 17.7 Å². The fraction of sp³-hybridized carbons (Fsp3) is 0.605. The Morgan fingerprint density at radius 2 is 1.61 bits per heavy atom. The van der Waals surface area contributed by atoms with Crippen molar-refractivity contribution in [3.8, 4) is 0 Å². The molecule has 2 aromatic rings. The third-order valence-corrected chi connectivity index (χ3v) is 10.6. The Morgan fingerprint density at radius 3 is 2.33 bits per heavy atom. The van der Waals surface area contributed by atoms with Crippen LogP contribution in [0.5, 0.6) is 0 Å². The molecule has 248 valence electrons. The summed E-state index contributed by atoms with van der Waals surface area (Å²) in [6.07, 6.45) is 12.6. The number of nitrogens with zero attached hydrogens (tertiary/aromatic N) is 1. The number of amides is 3. The van der Waals surface area contributed by atoms with Crippen LogP contribution in [0.25, 0.3) is 0 Å². The lowest BCUT2D eigenvalue weighted by Crippen LogP contribution is -2.62. The maximum Gasteiger partial charge on any atom is 0.246 e. The minimum absolute atomic E-state index is 0.0726. The van der Waals surface area contributed by atoms with Gasteiger partial charge in [-0.25, -0.2) is 0 Å². The molecule has 2 aliphatic carbocycles. The first-order valence-electron chi connectivity index (χ1n) is 17.8. The Kier molecular flexibility index (Phi) is 11.3. The first kappa shape index (κ1) is 34.2. The number of fused-ring (bicyclic) bond motifs is 2. The van der Waals surface area contributed by atoms with Gasteiger partial charge in [0.25, 0.3) is 0 Å². The Balaban J connectivity index is 1.43. The Hall–Kier alpha value is -3.13. The second kappa shape index (κ2) is 15.2. The lowest BCUT2D eigenvalue weighted by molar-refractivity contribution is -0.147. The van der Waals surface area contributed by atoms with E-state index in [-0.39, 0.29) is 23.8 Å². The smallest absolute Gasteiger partial charge is 0.246 e. The molecule has 1 fully saturated rings. The van der Waals surface area contributed by atoms with Crippen LogP contribution in [0.3, 0.4) is 0 Å². The van der Waals surface area contributed by atoms with Crippen LogP contribution in [0.4, 0.5) is 0 Å². The average molecular weight is 627 g/mol. The van der Waals surface area contributed by atoms with Gasteiger partial charge in [0.15, 0.2) is 7.28 Å². The van der Waals surface area contributed by atoms with Crippen molar-refractivity contribution in [2.24, 2.45) is 5.41 Å². The van der Waals surface area contributed by atoms with Crippen LogP contribution in [0, 0.1) is 5.41 Å². The number of benzene rings is 2. The van der Waals surface area contributed by atoms with Crippen LogP contribution in [0.2, 0.25) is 5.82 Å². The van der Waals surface area contributed by atoms with Crippen molar-refractivity contribution in [1.29, 1.82) is 0 Å². The predicted octanol–water partition coefficient (Wildman–Crippen LogP) is 4.87. The molecular formula is C38H55BN4O3. The van der Waals surface area contributed by atoms with E-state index in [9.17, 15) is 14.4 Å². The van der Waals surface area contributed by atoms with E-state index < -0.39 is 23.5 Å². The largest absolute Gasteiger partial charge is 0.347 e. The van der Waals surface area contributed by atoms with Crippen molar-refractivity contribution in [2.45, 2.75) is 135 Å². The molecule has 3 amide bonds. The van der Waals surface area contributed by atoms with Gasteiger partial charge in [0.1, 0.15) is 12.1 Å². The summed E-state index contributed by atoms with van der Waals surface area (Å²) in [6, 6.07) is 13.1. The number of rotatable bonds is 8. The molecule has 0 radical (unpaired) electrons. The zero-order valence-corrected chi connectivity index (χ0v) is 28.8. The molecule has 3 aliphatic rings. The predicted molar refractivity (Wildman–Crippen MR) is 188 cm³/mol. The number of aryl methyl sites for hydroxylation is 1. The number of carbonyl (C=O) groups is 3. The number of likely N-dealkylation sites (N-methyl/N-ethyl adjacent to an activating group) is 1. The molecule has 5 rings (SSSR count). The van der Waals surface area contributed by atoms with Gasteiger partial charge < -0.3 is 20.9 Å². The molecular weight excluding hydrogens is 571 g/mol. The molecule has 0 aromatic heterocycles. The molecule has 7 nitrogen and oxygen atoms in total. The highest BCUT2D eigenvalue weighted by Crippen LogP contribution is 2.32. The van der Waals surface area contributed by atoms with Crippen LogP contribution in [0.15, 0.2) is 42.5 Å². The van der Waals surface area contributed by atoms with Crippen LogP contribution < -0.4 is 21.4 Å². The molecule has 0 spiro atoms. The molecule has 1 heterocycles. The highest BCUT2D eigenvalue weighted by atomic mass is 16.2. The molecule has 2 aromatic carbocycles. The van der Waals surface area contributed by atoms with Gasteiger partial charge in [-0.3, -0.25) is 14.4 Å². The number of hydrogen-bond donors (Lipinski definition) is 3. The van der Waals surface area contributed by atoms with Crippen molar-refractivity contribution < 1.29 is 14.4 Å². The molecule has 46 heavy (non-hydrogen) atoms. The Bertz CT molecular complexity index is 1380. The van der Waals surface area contributed by atoms with Gasteiger partial charge in [0.05, 0.1) is 12.1 Å². The highest BCUT2D eigenvalue weighted by Gasteiger charge is 2.43. The lowest BCUT2D eigenvalue weighted by atomic mass is 9.55. The van der Waals surface area contributed by atoms with Crippen molar-refractivity contribution >= 4 is 30.5 Å². The monoisotopic (exact) mass is 626 g/mol. The SMILES string of the molecule is CN[C@@H](C)C(=O)N[C@H](C(=O)N1Cc2cc(BC3CCCCCCC3)ccc2C[C@H]1C(=O)N[C@@H]1CCCc2ccccc21)C(C)(C)C. The van der Waals surface area contributed by atoms with Crippen LogP contribution in [-0.4, -0.2) is 55.1 Å². The summed E-state index contributed by atoms with van der Waals surface area (Å²) in [5, 5.41) is 9.37. The fourth-order valence-electron chi connectivity index (χ4n) is 7.69. The first-order valence-corrected chi connectivity index (χ1v) is 17.8. The maximum atomic E-state index is 14.6. The molecule has 0 bridgehead atoms. The fourth-order valence-corrected chi connectivity index (χ4v) is 7.69. The highest BCUT2D eigenvalue weighted by molar-refractivity contribution is 6.55. The summed E-state index contributed by atoms with van der Waals surface area (Å²) in [4.78, 5) is 43.7. The van der Waals surface area contributed by atoms with E-state index in [0.717, 1.165) is 37.7 Å². The van der Waals surface area contributed by atoms with Crippen LogP contribution >= 0.6 is 0 Å². The Labute approximate surface area is 277 Å². The van der Waals surface area contributed by atoms with Gasteiger partial charge in [0, 0.05) is 13.0 Å². The van der Waals surface area contributed by atoms with E-state index in [1.165, 1.54) is 61.5 Å². The number of nitrogens with one attached hydrogen (secondary N) is 3. The van der Waals surface area contributed by atoms with Gasteiger partial charge in [-0.2, -0.15) is 0 Å². The summed E-state index contributed by atoms with van der Waals surface area (Å²) in [6.45, 7) is 8.05. The van der Waals surface area contributed by atoms with E-state index in [4.69, 9.17) is 0 Å². The Morgan fingerprint density at radius 1 is 0.891 bits per heavy atom. The summed E-state index contributed by atoms with van der Waals surface area (Å²) in [7, 11) is 2.80. The molecule has 1 saturated carbocycles. The second-order valence-corrected chi connectivity index (χ2v) is 15.2. The van der Waals surface area contributed by atoms with Gasteiger partial charge in [-0.05, 0) is 60.9 Å². The topological polar surface area (TPSA) is 90.5 Å². The molecule has 0 unspecified atom stereocenters. The molecule has 1 aliphatic heterocycles. The minimum atomic E-state index is -0.777. The zero-order chi connectivity index (χ0) is 32.8. The number of hydrogen-bond acceptors (Lipinski definition) is 4.